The van der Waals surface area contributed by atoms with Crippen LogP contribution < -0.4 is 5.73 Å². The highest BCUT2D eigenvalue weighted by atomic mass is 14.8. The summed E-state index contributed by atoms with van der Waals surface area (Å²) in [7, 11) is 0. The average Bonchev–Trinajstić information content (AvgIpc) is 2.38. The van der Waals surface area contributed by atoms with Crippen LogP contribution in [0.3, 0.4) is 0 Å². The Bertz CT molecular complexity index is 672. The maximum absolute atomic E-state index is 5.71. The van der Waals surface area contributed by atoms with Crippen LogP contribution in [0.15, 0.2) is 54.9 Å². The summed E-state index contributed by atoms with van der Waals surface area (Å²) < 4.78 is 0. The van der Waals surface area contributed by atoms with E-state index in [1.807, 2.05) is 42.7 Å². The van der Waals surface area contributed by atoms with Gasteiger partial charge in [0, 0.05) is 23.3 Å². The van der Waals surface area contributed by atoms with Gasteiger partial charge in [-0.1, -0.05) is 30.3 Å². The second kappa shape index (κ2) is 3.87. The smallest absolute Gasteiger partial charge is 0.124 e. The van der Waals surface area contributed by atoms with Crippen LogP contribution in [0.4, 0.5) is 5.82 Å². The molecule has 0 saturated carbocycles. The fraction of sp³-hybridized carbons (Fsp3) is 0. The topological polar surface area (TPSA) is 51.8 Å². The van der Waals surface area contributed by atoms with Gasteiger partial charge in [-0.3, -0.25) is 4.98 Å². The second-order valence-electron chi connectivity index (χ2n) is 3.86. The summed E-state index contributed by atoms with van der Waals surface area (Å²) in [6.45, 7) is 0. The van der Waals surface area contributed by atoms with Gasteiger partial charge in [-0.2, -0.15) is 0 Å². The number of benzene rings is 1. The summed E-state index contributed by atoms with van der Waals surface area (Å²) in [5.74, 6) is 0.524. The largest absolute Gasteiger partial charge is 0.384 e. The van der Waals surface area contributed by atoms with Crippen molar-refractivity contribution in [1.82, 2.24) is 9.97 Å². The lowest BCUT2D eigenvalue weighted by Gasteiger charge is -2.05. The van der Waals surface area contributed by atoms with Crippen LogP contribution in [0, 0.1) is 0 Å². The first-order chi connectivity index (χ1) is 8.34. The fourth-order valence-electron chi connectivity index (χ4n) is 1.92. The van der Waals surface area contributed by atoms with E-state index >= 15 is 0 Å². The van der Waals surface area contributed by atoms with Gasteiger partial charge in [0.15, 0.2) is 0 Å². The third kappa shape index (κ3) is 1.72. The Labute approximate surface area is 98.9 Å². The van der Waals surface area contributed by atoms with E-state index in [1.165, 1.54) is 0 Å². The Kier molecular flexibility index (Phi) is 2.22. The third-order valence-corrected chi connectivity index (χ3v) is 2.71. The molecule has 0 unspecified atom stereocenters. The molecule has 0 radical (unpaired) electrons. The number of pyridine rings is 2. The molecule has 1 aromatic carbocycles. The van der Waals surface area contributed by atoms with Crippen molar-refractivity contribution in [3.05, 3.63) is 54.9 Å². The Morgan fingerprint density at radius 1 is 0.882 bits per heavy atom. The predicted octanol–water partition coefficient (Wildman–Crippen LogP) is 2.88. The number of nitrogens with two attached hydrogens (primary N) is 1. The first-order valence-electron chi connectivity index (χ1n) is 5.40. The molecule has 2 heterocycles. The van der Waals surface area contributed by atoms with Gasteiger partial charge < -0.3 is 5.73 Å². The number of rotatable bonds is 1. The van der Waals surface area contributed by atoms with Gasteiger partial charge in [0.2, 0.25) is 0 Å². The molecule has 0 spiro atoms. The molecular formula is C14H11N3. The molecule has 3 nitrogen and oxygen atoms in total. The normalized spacial score (nSPS) is 10.6. The van der Waals surface area contributed by atoms with Crippen LogP contribution >= 0.6 is 0 Å². The summed E-state index contributed by atoms with van der Waals surface area (Å²) in [5, 5.41) is 2.25. The molecule has 3 aromatic rings. The standard InChI is InChI=1S/C14H11N3/c15-14-7-3-6-13(17-14)12-9-16-8-10-4-1-2-5-11(10)12/h1-9H,(H2,15,17). The van der Waals surface area contributed by atoms with Gasteiger partial charge in [0.1, 0.15) is 5.82 Å². The van der Waals surface area contributed by atoms with E-state index < -0.39 is 0 Å². The maximum atomic E-state index is 5.71. The Morgan fingerprint density at radius 3 is 2.65 bits per heavy atom. The zero-order valence-electron chi connectivity index (χ0n) is 9.17. The minimum absolute atomic E-state index is 0.524. The summed E-state index contributed by atoms with van der Waals surface area (Å²) in [5.41, 5.74) is 7.57. The predicted molar refractivity (Wildman–Crippen MR) is 69.4 cm³/mol. The molecule has 17 heavy (non-hydrogen) atoms. The lowest BCUT2D eigenvalue weighted by atomic mass is 10.1. The second-order valence-corrected chi connectivity index (χ2v) is 3.86. The quantitative estimate of drug-likeness (QED) is 0.687. The molecule has 0 aliphatic heterocycles. The minimum Gasteiger partial charge on any atom is -0.384 e. The molecule has 3 rings (SSSR count). The molecule has 0 aliphatic carbocycles. The summed E-state index contributed by atoms with van der Waals surface area (Å²) in [4.78, 5) is 8.57. The fourth-order valence-corrected chi connectivity index (χ4v) is 1.92. The van der Waals surface area contributed by atoms with E-state index in [-0.39, 0.29) is 0 Å². The van der Waals surface area contributed by atoms with Gasteiger partial charge in [0.25, 0.3) is 0 Å². The zero-order valence-corrected chi connectivity index (χ0v) is 9.17. The average molecular weight is 221 g/mol. The highest BCUT2D eigenvalue weighted by molar-refractivity contribution is 5.94. The molecule has 82 valence electrons. The van der Waals surface area contributed by atoms with E-state index in [1.54, 1.807) is 6.07 Å². The molecule has 0 fully saturated rings. The monoisotopic (exact) mass is 221 g/mol. The molecule has 2 aromatic heterocycles. The summed E-state index contributed by atoms with van der Waals surface area (Å²) in [6, 6.07) is 13.7. The van der Waals surface area contributed by atoms with Crippen molar-refractivity contribution in [2.45, 2.75) is 0 Å². The molecule has 0 bridgehead atoms. The summed E-state index contributed by atoms with van der Waals surface area (Å²) in [6.07, 6.45) is 3.68. The maximum Gasteiger partial charge on any atom is 0.124 e. The zero-order chi connectivity index (χ0) is 11.7. The van der Waals surface area contributed by atoms with Crippen LogP contribution in [0.5, 0.6) is 0 Å². The lowest BCUT2D eigenvalue weighted by molar-refractivity contribution is 1.30. The van der Waals surface area contributed by atoms with Crippen LogP contribution in [0.1, 0.15) is 0 Å². The van der Waals surface area contributed by atoms with Crippen molar-refractivity contribution in [3.8, 4) is 11.3 Å². The minimum atomic E-state index is 0.524. The molecule has 0 atom stereocenters. The van der Waals surface area contributed by atoms with Gasteiger partial charge in [0.05, 0.1) is 5.69 Å². The molecule has 2 N–H and O–H groups in total. The summed E-state index contributed by atoms with van der Waals surface area (Å²) >= 11 is 0. The molecule has 0 amide bonds. The van der Waals surface area contributed by atoms with Crippen molar-refractivity contribution in [2.24, 2.45) is 0 Å². The third-order valence-electron chi connectivity index (χ3n) is 2.71. The highest BCUT2D eigenvalue weighted by Gasteiger charge is 2.05. The van der Waals surface area contributed by atoms with E-state index in [2.05, 4.69) is 16.0 Å². The number of nitrogens with zero attached hydrogens (tertiary/aromatic N) is 2. The molecule has 3 heteroatoms. The Hall–Kier alpha value is -2.42. The van der Waals surface area contributed by atoms with Crippen molar-refractivity contribution in [1.29, 1.82) is 0 Å². The van der Waals surface area contributed by atoms with Crippen LogP contribution in [-0.4, -0.2) is 9.97 Å². The lowest BCUT2D eigenvalue weighted by Crippen LogP contribution is -1.92. The van der Waals surface area contributed by atoms with E-state index in [0.717, 1.165) is 22.0 Å². The van der Waals surface area contributed by atoms with Crippen LogP contribution in [0.2, 0.25) is 0 Å². The van der Waals surface area contributed by atoms with Crippen molar-refractivity contribution >= 4 is 16.6 Å². The van der Waals surface area contributed by atoms with Crippen LogP contribution in [-0.2, 0) is 0 Å². The molecule has 0 aliphatic rings. The van der Waals surface area contributed by atoms with Gasteiger partial charge >= 0.3 is 0 Å². The highest BCUT2D eigenvalue weighted by Crippen LogP contribution is 2.26. The van der Waals surface area contributed by atoms with Crippen molar-refractivity contribution in [3.63, 3.8) is 0 Å². The Morgan fingerprint density at radius 2 is 1.76 bits per heavy atom. The van der Waals surface area contributed by atoms with E-state index in [9.17, 15) is 0 Å². The Balaban J connectivity index is 2.30. The molecular weight excluding hydrogens is 210 g/mol. The first-order valence-corrected chi connectivity index (χ1v) is 5.40. The van der Waals surface area contributed by atoms with Gasteiger partial charge in [-0.15, -0.1) is 0 Å². The number of nitrogen functional groups attached to an aromatic ring is 1. The molecule has 0 saturated heterocycles. The number of fused-ring (bicyclic) bond motifs is 1. The number of hydrogen-bond acceptors (Lipinski definition) is 3. The van der Waals surface area contributed by atoms with Gasteiger partial charge in [-0.25, -0.2) is 4.98 Å². The van der Waals surface area contributed by atoms with Crippen molar-refractivity contribution in [2.75, 3.05) is 5.73 Å². The van der Waals surface area contributed by atoms with E-state index in [0.29, 0.717) is 5.82 Å². The van der Waals surface area contributed by atoms with Crippen molar-refractivity contribution < 1.29 is 0 Å². The number of anilines is 1. The first kappa shape index (κ1) is 9.78. The number of aromatic nitrogens is 2. The van der Waals surface area contributed by atoms with E-state index in [4.69, 9.17) is 5.73 Å². The SMILES string of the molecule is Nc1cccc(-c2cncc3ccccc23)n1. The number of hydrogen-bond donors (Lipinski definition) is 1. The van der Waals surface area contributed by atoms with Crippen LogP contribution in [0.25, 0.3) is 22.0 Å². The van der Waals surface area contributed by atoms with Gasteiger partial charge in [-0.05, 0) is 17.5 Å².